The number of thioether (sulfide) groups is 1. The van der Waals surface area contributed by atoms with Gasteiger partial charge in [0.15, 0.2) is 0 Å². The lowest BCUT2D eigenvalue weighted by Gasteiger charge is -2.10. The fraction of sp³-hybridized carbons (Fsp3) is 0.500. The molecule has 1 aliphatic rings. The molecular formula is C14H19NO3S. The van der Waals surface area contributed by atoms with Crippen molar-refractivity contribution < 1.29 is 14.3 Å². The summed E-state index contributed by atoms with van der Waals surface area (Å²) in [4.78, 5) is 12.6. The first-order valence-corrected chi connectivity index (χ1v) is 7.53. The third-order valence-corrected chi connectivity index (χ3v) is 3.82. The van der Waals surface area contributed by atoms with Gasteiger partial charge in [0, 0.05) is 23.8 Å². The minimum atomic E-state index is -0.357. The fourth-order valence-corrected chi connectivity index (χ4v) is 2.62. The Kier molecular flexibility index (Phi) is 6.04. The number of ether oxygens (including phenoxy) is 2. The Morgan fingerprint density at radius 2 is 2.26 bits per heavy atom. The van der Waals surface area contributed by atoms with Crippen molar-refractivity contribution >= 4 is 17.9 Å². The third-order valence-electron chi connectivity index (χ3n) is 2.81. The number of hydrogen-bond donors (Lipinski definition) is 1. The molecule has 1 aliphatic heterocycles. The van der Waals surface area contributed by atoms with Crippen LogP contribution in [0.5, 0.6) is 0 Å². The van der Waals surface area contributed by atoms with E-state index in [2.05, 4.69) is 17.4 Å². The Labute approximate surface area is 117 Å². The number of carbonyl (C=O) groups is 1. The molecule has 0 saturated carbocycles. The minimum Gasteiger partial charge on any atom is -0.447 e. The van der Waals surface area contributed by atoms with Crippen LogP contribution in [0.1, 0.15) is 12.8 Å². The van der Waals surface area contributed by atoms with Gasteiger partial charge in [0.05, 0.1) is 6.10 Å². The number of nitrogens with one attached hydrogen (secondary N) is 1. The van der Waals surface area contributed by atoms with Crippen molar-refractivity contribution in [3.05, 3.63) is 30.3 Å². The van der Waals surface area contributed by atoms with E-state index in [1.807, 2.05) is 18.2 Å². The molecule has 1 aromatic rings. The molecule has 0 radical (unpaired) electrons. The van der Waals surface area contributed by atoms with Gasteiger partial charge in [0.25, 0.3) is 0 Å². The highest BCUT2D eigenvalue weighted by atomic mass is 32.2. The highest BCUT2D eigenvalue weighted by Crippen LogP contribution is 2.15. The molecule has 1 N–H and O–H groups in total. The molecule has 2 rings (SSSR count). The van der Waals surface area contributed by atoms with Gasteiger partial charge in [-0.05, 0) is 25.0 Å². The standard InChI is InChI=1S/C14H19NO3S/c16-14(18-11-12-5-4-9-17-12)15-8-10-19-13-6-2-1-3-7-13/h1-3,6-7,12H,4-5,8-11H2,(H,15,16)/t12-/m0/s1. The van der Waals surface area contributed by atoms with E-state index >= 15 is 0 Å². The lowest BCUT2D eigenvalue weighted by Crippen LogP contribution is -2.29. The summed E-state index contributed by atoms with van der Waals surface area (Å²) in [7, 11) is 0. The maximum atomic E-state index is 11.4. The number of hydrogen-bond acceptors (Lipinski definition) is 4. The van der Waals surface area contributed by atoms with Crippen LogP contribution in [-0.2, 0) is 9.47 Å². The number of benzene rings is 1. The quantitative estimate of drug-likeness (QED) is 0.643. The summed E-state index contributed by atoms with van der Waals surface area (Å²) in [6.07, 6.45) is 1.77. The van der Waals surface area contributed by atoms with Crippen LogP contribution in [0.15, 0.2) is 35.2 Å². The zero-order valence-corrected chi connectivity index (χ0v) is 11.7. The summed E-state index contributed by atoms with van der Waals surface area (Å²) in [6, 6.07) is 10.1. The largest absolute Gasteiger partial charge is 0.447 e. The van der Waals surface area contributed by atoms with Crippen LogP contribution in [0.25, 0.3) is 0 Å². The Hall–Kier alpha value is -1.20. The maximum absolute atomic E-state index is 11.4. The summed E-state index contributed by atoms with van der Waals surface area (Å²) in [5, 5.41) is 2.74. The molecule has 19 heavy (non-hydrogen) atoms. The summed E-state index contributed by atoms with van der Waals surface area (Å²) >= 11 is 1.71. The lowest BCUT2D eigenvalue weighted by atomic mass is 10.2. The van der Waals surface area contributed by atoms with Gasteiger partial charge in [0.1, 0.15) is 6.61 Å². The first-order chi connectivity index (χ1) is 9.34. The third kappa shape index (κ3) is 5.53. The van der Waals surface area contributed by atoms with E-state index in [0.717, 1.165) is 25.2 Å². The SMILES string of the molecule is O=C(NCCSc1ccccc1)OC[C@@H]1CCCO1. The molecule has 4 nitrogen and oxygen atoms in total. The molecule has 1 aromatic carbocycles. The van der Waals surface area contributed by atoms with Gasteiger partial charge in [-0.2, -0.15) is 0 Å². The second kappa shape index (κ2) is 8.07. The van der Waals surface area contributed by atoms with Crippen LogP contribution in [0, 0.1) is 0 Å². The summed E-state index contributed by atoms with van der Waals surface area (Å²) in [5.41, 5.74) is 0. The first-order valence-electron chi connectivity index (χ1n) is 6.54. The second-order valence-electron chi connectivity index (χ2n) is 4.32. The van der Waals surface area contributed by atoms with Gasteiger partial charge in [0.2, 0.25) is 0 Å². The van der Waals surface area contributed by atoms with Crippen molar-refractivity contribution in [1.29, 1.82) is 0 Å². The van der Waals surface area contributed by atoms with E-state index in [0.29, 0.717) is 13.2 Å². The van der Waals surface area contributed by atoms with Crippen LogP contribution < -0.4 is 5.32 Å². The molecule has 104 valence electrons. The number of alkyl carbamates (subject to hydrolysis) is 1. The average Bonchev–Trinajstić information content (AvgIpc) is 2.96. The van der Waals surface area contributed by atoms with Gasteiger partial charge in [-0.25, -0.2) is 4.79 Å². The van der Waals surface area contributed by atoms with Gasteiger partial charge in [-0.3, -0.25) is 0 Å². The highest BCUT2D eigenvalue weighted by Gasteiger charge is 2.17. The molecule has 1 saturated heterocycles. The molecule has 0 spiro atoms. The molecule has 0 aliphatic carbocycles. The van der Waals surface area contributed by atoms with Gasteiger partial charge in [-0.15, -0.1) is 11.8 Å². The topological polar surface area (TPSA) is 47.6 Å². The normalized spacial score (nSPS) is 18.2. The van der Waals surface area contributed by atoms with Crippen molar-refractivity contribution in [3.8, 4) is 0 Å². The first kappa shape index (κ1) is 14.2. The fourth-order valence-electron chi connectivity index (χ4n) is 1.83. The molecule has 5 heteroatoms. The number of carbonyl (C=O) groups excluding carboxylic acids is 1. The number of rotatable bonds is 6. The molecule has 1 heterocycles. The van der Waals surface area contributed by atoms with E-state index in [4.69, 9.17) is 9.47 Å². The Bertz CT molecular complexity index is 380. The van der Waals surface area contributed by atoms with Crippen LogP contribution >= 0.6 is 11.8 Å². The number of amides is 1. The van der Waals surface area contributed by atoms with Crippen LogP contribution in [-0.4, -0.2) is 37.7 Å². The molecule has 1 atom stereocenters. The van der Waals surface area contributed by atoms with Crippen molar-refractivity contribution in [2.45, 2.75) is 23.8 Å². The van der Waals surface area contributed by atoms with E-state index in [9.17, 15) is 4.79 Å². The predicted octanol–water partition coefficient (Wildman–Crippen LogP) is 2.68. The zero-order valence-electron chi connectivity index (χ0n) is 10.8. The molecule has 0 unspecified atom stereocenters. The Balaban J connectivity index is 1.51. The predicted molar refractivity (Wildman–Crippen MR) is 75.5 cm³/mol. The summed E-state index contributed by atoms with van der Waals surface area (Å²) < 4.78 is 10.5. The van der Waals surface area contributed by atoms with Crippen molar-refractivity contribution in [2.75, 3.05) is 25.5 Å². The minimum absolute atomic E-state index is 0.0874. The highest BCUT2D eigenvalue weighted by molar-refractivity contribution is 7.99. The van der Waals surface area contributed by atoms with Crippen molar-refractivity contribution in [1.82, 2.24) is 5.32 Å². The Morgan fingerprint density at radius 1 is 1.42 bits per heavy atom. The van der Waals surface area contributed by atoms with Gasteiger partial charge < -0.3 is 14.8 Å². The van der Waals surface area contributed by atoms with E-state index in [1.165, 1.54) is 4.90 Å². The van der Waals surface area contributed by atoms with Crippen molar-refractivity contribution in [2.24, 2.45) is 0 Å². The molecular weight excluding hydrogens is 262 g/mol. The van der Waals surface area contributed by atoms with Gasteiger partial charge in [-0.1, -0.05) is 18.2 Å². The summed E-state index contributed by atoms with van der Waals surface area (Å²) in [5.74, 6) is 0.832. The van der Waals surface area contributed by atoms with E-state index < -0.39 is 0 Å². The maximum Gasteiger partial charge on any atom is 0.407 e. The van der Waals surface area contributed by atoms with Crippen LogP contribution in [0.3, 0.4) is 0 Å². The Morgan fingerprint density at radius 3 is 3.00 bits per heavy atom. The van der Waals surface area contributed by atoms with E-state index in [1.54, 1.807) is 11.8 Å². The van der Waals surface area contributed by atoms with Gasteiger partial charge >= 0.3 is 6.09 Å². The smallest absolute Gasteiger partial charge is 0.407 e. The van der Waals surface area contributed by atoms with Crippen LogP contribution in [0.2, 0.25) is 0 Å². The molecule has 0 bridgehead atoms. The second-order valence-corrected chi connectivity index (χ2v) is 5.49. The molecule has 1 fully saturated rings. The zero-order chi connectivity index (χ0) is 13.3. The summed E-state index contributed by atoms with van der Waals surface area (Å²) in [6.45, 7) is 1.74. The van der Waals surface area contributed by atoms with Crippen LogP contribution in [0.4, 0.5) is 4.79 Å². The monoisotopic (exact) mass is 281 g/mol. The lowest BCUT2D eigenvalue weighted by molar-refractivity contribution is 0.0441. The molecule has 0 aromatic heterocycles. The van der Waals surface area contributed by atoms with E-state index in [-0.39, 0.29) is 12.2 Å². The molecule has 1 amide bonds. The van der Waals surface area contributed by atoms with Crippen molar-refractivity contribution in [3.63, 3.8) is 0 Å². The average molecular weight is 281 g/mol.